The number of aromatic nitrogens is 3. The lowest BCUT2D eigenvalue weighted by Crippen LogP contribution is -2.28. The maximum absolute atomic E-state index is 12.8. The van der Waals surface area contributed by atoms with E-state index in [1.165, 1.54) is 0 Å². The highest BCUT2D eigenvalue weighted by atomic mass is 16.5. The molecule has 1 amide bonds. The zero-order valence-corrected chi connectivity index (χ0v) is 15.1. The van der Waals surface area contributed by atoms with Crippen molar-refractivity contribution in [2.24, 2.45) is 7.05 Å². The molecule has 25 heavy (non-hydrogen) atoms. The summed E-state index contributed by atoms with van der Waals surface area (Å²) in [6.45, 7) is 6.77. The van der Waals surface area contributed by atoms with Gasteiger partial charge in [-0.25, -0.2) is 4.98 Å². The van der Waals surface area contributed by atoms with Crippen LogP contribution >= 0.6 is 0 Å². The molecule has 0 aromatic carbocycles. The van der Waals surface area contributed by atoms with Gasteiger partial charge < -0.3 is 14.8 Å². The van der Waals surface area contributed by atoms with Gasteiger partial charge in [0.1, 0.15) is 5.69 Å². The third kappa shape index (κ3) is 3.51. The van der Waals surface area contributed by atoms with Crippen molar-refractivity contribution in [2.45, 2.75) is 45.9 Å². The molecule has 3 heterocycles. The number of ether oxygens (including phenoxy) is 2. The summed E-state index contributed by atoms with van der Waals surface area (Å²) in [6.07, 6.45) is 2.33. The van der Waals surface area contributed by atoms with Crippen LogP contribution in [0.25, 0.3) is 0 Å². The Bertz CT molecular complexity index is 772. The number of carbonyl (C=O) groups is 1. The highest BCUT2D eigenvalue weighted by Crippen LogP contribution is 2.31. The van der Waals surface area contributed by atoms with Crippen LogP contribution in [0.2, 0.25) is 0 Å². The molecule has 0 spiro atoms. The number of pyridine rings is 1. The number of nitrogens with zero attached hydrogens (tertiary/aromatic N) is 3. The second kappa shape index (κ2) is 7.23. The fourth-order valence-corrected chi connectivity index (χ4v) is 3.23. The van der Waals surface area contributed by atoms with Gasteiger partial charge in [-0.1, -0.05) is 6.07 Å². The minimum absolute atomic E-state index is 0.0705. The normalized spacial score (nSPS) is 19.4. The van der Waals surface area contributed by atoms with Gasteiger partial charge in [0.25, 0.3) is 5.91 Å². The highest BCUT2D eigenvalue weighted by molar-refractivity contribution is 5.94. The van der Waals surface area contributed by atoms with Crippen LogP contribution in [-0.4, -0.2) is 33.4 Å². The van der Waals surface area contributed by atoms with Crippen LogP contribution in [0.1, 0.15) is 54.2 Å². The number of aryl methyl sites for hydroxylation is 1. The molecule has 0 aliphatic carbocycles. The fourth-order valence-electron chi connectivity index (χ4n) is 3.23. The number of hydrogen-bond acceptors (Lipinski definition) is 5. The van der Waals surface area contributed by atoms with E-state index in [1.807, 2.05) is 32.9 Å². The molecule has 2 aromatic rings. The van der Waals surface area contributed by atoms with Crippen LogP contribution in [-0.2, 0) is 24.8 Å². The Hall–Kier alpha value is -2.41. The predicted octanol–water partition coefficient (Wildman–Crippen LogP) is 2.17. The van der Waals surface area contributed by atoms with Gasteiger partial charge in [-0.2, -0.15) is 5.10 Å². The van der Waals surface area contributed by atoms with Gasteiger partial charge in [-0.3, -0.25) is 9.48 Å². The van der Waals surface area contributed by atoms with E-state index in [0.29, 0.717) is 31.1 Å². The maximum atomic E-state index is 12.8. The third-order valence-electron chi connectivity index (χ3n) is 4.27. The summed E-state index contributed by atoms with van der Waals surface area (Å²) in [5.41, 5.74) is 3.27. The zero-order chi connectivity index (χ0) is 18.0. The Balaban J connectivity index is 1.79. The lowest BCUT2D eigenvalue weighted by atomic mass is 9.99. The standard InChI is InChI=1S/C18H24N4O3/c1-5-24-18-13(7-6-8-19-18)10-20-17(23)16-14-9-11(2)25-12(3)15(14)21-22(16)4/h6-8,11-12H,5,9-10H2,1-4H3,(H,20,23)/t11-,12+/m1/s1. The Morgan fingerprint density at radius 3 is 3.04 bits per heavy atom. The molecule has 0 saturated heterocycles. The molecule has 0 saturated carbocycles. The summed E-state index contributed by atoms with van der Waals surface area (Å²) in [7, 11) is 1.79. The molecule has 0 bridgehead atoms. The van der Waals surface area contributed by atoms with E-state index >= 15 is 0 Å². The van der Waals surface area contributed by atoms with Crippen molar-refractivity contribution in [3.8, 4) is 5.88 Å². The van der Waals surface area contributed by atoms with Crippen LogP contribution in [0.3, 0.4) is 0 Å². The second-order valence-corrected chi connectivity index (χ2v) is 6.21. The molecule has 134 valence electrons. The van der Waals surface area contributed by atoms with Gasteiger partial charge in [0.05, 0.1) is 24.5 Å². The first-order chi connectivity index (χ1) is 12.0. The summed E-state index contributed by atoms with van der Waals surface area (Å²) < 4.78 is 12.9. The minimum atomic E-state index is -0.149. The topological polar surface area (TPSA) is 78.3 Å². The molecule has 7 heteroatoms. The summed E-state index contributed by atoms with van der Waals surface area (Å²) in [5, 5.41) is 7.44. The summed E-state index contributed by atoms with van der Waals surface area (Å²) in [6, 6.07) is 3.73. The number of amides is 1. The van der Waals surface area contributed by atoms with Crippen LogP contribution in [0, 0.1) is 0 Å². The molecule has 2 aromatic heterocycles. The molecular weight excluding hydrogens is 320 g/mol. The molecule has 0 radical (unpaired) electrons. The molecule has 0 unspecified atom stereocenters. The monoisotopic (exact) mass is 344 g/mol. The predicted molar refractivity (Wildman–Crippen MR) is 92.5 cm³/mol. The van der Waals surface area contributed by atoms with E-state index in [2.05, 4.69) is 15.4 Å². The van der Waals surface area contributed by atoms with E-state index < -0.39 is 0 Å². The quantitative estimate of drug-likeness (QED) is 0.899. The lowest BCUT2D eigenvalue weighted by molar-refractivity contribution is -0.00710. The van der Waals surface area contributed by atoms with E-state index in [9.17, 15) is 4.79 Å². The first kappa shape index (κ1) is 17.4. The van der Waals surface area contributed by atoms with Crippen molar-refractivity contribution in [1.82, 2.24) is 20.1 Å². The second-order valence-electron chi connectivity index (χ2n) is 6.21. The smallest absolute Gasteiger partial charge is 0.270 e. The van der Waals surface area contributed by atoms with Gasteiger partial charge in [-0.05, 0) is 26.8 Å². The lowest BCUT2D eigenvalue weighted by Gasteiger charge is -2.24. The van der Waals surface area contributed by atoms with Gasteiger partial charge in [-0.15, -0.1) is 0 Å². The highest BCUT2D eigenvalue weighted by Gasteiger charge is 2.31. The molecule has 7 nitrogen and oxygen atoms in total. The summed E-state index contributed by atoms with van der Waals surface area (Å²) in [4.78, 5) is 17.0. The van der Waals surface area contributed by atoms with Gasteiger partial charge in [0, 0.05) is 37.3 Å². The van der Waals surface area contributed by atoms with E-state index in [0.717, 1.165) is 16.8 Å². The minimum Gasteiger partial charge on any atom is -0.478 e. The van der Waals surface area contributed by atoms with Crippen molar-refractivity contribution in [2.75, 3.05) is 6.61 Å². The van der Waals surface area contributed by atoms with Crippen molar-refractivity contribution >= 4 is 5.91 Å². The number of rotatable bonds is 5. The molecule has 1 aliphatic heterocycles. The number of nitrogens with one attached hydrogen (secondary N) is 1. The molecule has 2 atom stereocenters. The maximum Gasteiger partial charge on any atom is 0.270 e. The first-order valence-corrected chi connectivity index (χ1v) is 8.57. The Labute approximate surface area is 147 Å². The van der Waals surface area contributed by atoms with Crippen molar-refractivity contribution in [1.29, 1.82) is 0 Å². The zero-order valence-electron chi connectivity index (χ0n) is 15.1. The summed E-state index contributed by atoms with van der Waals surface area (Å²) in [5.74, 6) is 0.400. The molecule has 1 N–H and O–H groups in total. The Morgan fingerprint density at radius 2 is 2.28 bits per heavy atom. The van der Waals surface area contributed by atoms with E-state index in [1.54, 1.807) is 17.9 Å². The number of hydrogen-bond donors (Lipinski definition) is 1. The number of fused-ring (bicyclic) bond motifs is 1. The SMILES string of the molecule is CCOc1ncccc1CNC(=O)c1c2c(nn1C)[C@H](C)O[C@H](C)C2. The number of carbonyl (C=O) groups excluding carboxylic acids is 1. The fraction of sp³-hybridized carbons (Fsp3) is 0.500. The van der Waals surface area contributed by atoms with Crippen LogP contribution < -0.4 is 10.1 Å². The Morgan fingerprint density at radius 1 is 1.48 bits per heavy atom. The average Bonchev–Trinajstić information content (AvgIpc) is 2.90. The van der Waals surface area contributed by atoms with Gasteiger partial charge >= 0.3 is 0 Å². The van der Waals surface area contributed by atoms with E-state index in [-0.39, 0.29) is 18.1 Å². The Kier molecular flexibility index (Phi) is 5.03. The molecule has 0 fully saturated rings. The third-order valence-corrected chi connectivity index (χ3v) is 4.27. The average molecular weight is 344 g/mol. The summed E-state index contributed by atoms with van der Waals surface area (Å²) >= 11 is 0. The van der Waals surface area contributed by atoms with Crippen LogP contribution in [0.4, 0.5) is 0 Å². The van der Waals surface area contributed by atoms with Crippen molar-refractivity contribution in [3.63, 3.8) is 0 Å². The van der Waals surface area contributed by atoms with Crippen LogP contribution in [0.5, 0.6) is 5.88 Å². The van der Waals surface area contributed by atoms with Crippen molar-refractivity contribution < 1.29 is 14.3 Å². The van der Waals surface area contributed by atoms with Gasteiger partial charge in [0.15, 0.2) is 0 Å². The largest absolute Gasteiger partial charge is 0.478 e. The molecule has 1 aliphatic rings. The van der Waals surface area contributed by atoms with E-state index in [4.69, 9.17) is 9.47 Å². The van der Waals surface area contributed by atoms with Crippen LogP contribution in [0.15, 0.2) is 18.3 Å². The molecular formula is C18H24N4O3. The van der Waals surface area contributed by atoms with Gasteiger partial charge in [0.2, 0.25) is 5.88 Å². The molecule has 3 rings (SSSR count). The first-order valence-electron chi connectivity index (χ1n) is 8.57. The van der Waals surface area contributed by atoms with Crippen molar-refractivity contribution in [3.05, 3.63) is 40.8 Å².